The number of allylic oxidation sites excluding steroid dienone is 2. The van der Waals surface area contributed by atoms with Crippen molar-refractivity contribution in [2.75, 3.05) is 0 Å². The topological polar surface area (TPSA) is 0 Å². The molecule has 0 fully saturated rings. The summed E-state index contributed by atoms with van der Waals surface area (Å²) in [6, 6.07) is 27.0. The summed E-state index contributed by atoms with van der Waals surface area (Å²) < 4.78 is 0. The molecule has 0 radical (unpaired) electrons. The summed E-state index contributed by atoms with van der Waals surface area (Å²) >= 11 is 0. The monoisotopic (exact) mass is 450 g/mol. The second-order valence-corrected chi connectivity index (χ2v) is 9.33. The third-order valence-electron chi connectivity index (χ3n) is 6.46. The molecule has 3 rings (SSSR count). The van der Waals surface area contributed by atoms with Gasteiger partial charge in [0.2, 0.25) is 0 Å². The van der Waals surface area contributed by atoms with E-state index in [0.717, 1.165) is 19.3 Å². The lowest BCUT2D eigenvalue weighted by atomic mass is 9.99. The fourth-order valence-corrected chi connectivity index (χ4v) is 4.25. The van der Waals surface area contributed by atoms with Crippen molar-refractivity contribution in [3.05, 3.63) is 107 Å². The van der Waals surface area contributed by atoms with Crippen molar-refractivity contribution in [2.45, 2.75) is 78.1 Å². The van der Waals surface area contributed by atoms with Crippen LogP contribution < -0.4 is 0 Å². The Morgan fingerprint density at radius 2 is 0.971 bits per heavy atom. The van der Waals surface area contributed by atoms with Crippen LogP contribution in [0.5, 0.6) is 0 Å². The molecule has 0 heteroatoms. The van der Waals surface area contributed by atoms with E-state index in [-0.39, 0.29) is 0 Å². The number of rotatable bonds is 14. The van der Waals surface area contributed by atoms with Crippen molar-refractivity contribution < 1.29 is 0 Å². The van der Waals surface area contributed by atoms with Crippen molar-refractivity contribution in [3.8, 4) is 11.1 Å². The van der Waals surface area contributed by atoms with Gasteiger partial charge in [0, 0.05) is 0 Å². The van der Waals surface area contributed by atoms with Gasteiger partial charge in [0.1, 0.15) is 0 Å². The molecule has 0 heterocycles. The lowest BCUT2D eigenvalue weighted by molar-refractivity contribution is 0.611. The summed E-state index contributed by atoms with van der Waals surface area (Å²) in [7, 11) is 0. The van der Waals surface area contributed by atoms with Crippen LogP contribution >= 0.6 is 0 Å². The molecule has 0 saturated carbocycles. The Morgan fingerprint density at radius 1 is 0.500 bits per heavy atom. The van der Waals surface area contributed by atoms with Crippen molar-refractivity contribution in [3.63, 3.8) is 0 Å². The average molecular weight is 451 g/mol. The Morgan fingerprint density at radius 3 is 1.56 bits per heavy atom. The quantitative estimate of drug-likeness (QED) is 0.214. The Labute approximate surface area is 208 Å². The minimum absolute atomic E-state index is 1.08. The van der Waals surface area contributed by atoms with Gasteiger partial charge in [-0.2, -0.15) is 0 Å². The maximum atomic E-state index is 2.33. The molecule has 0 N–H and O–H groups in total. The van der Waals surface area contributed by atoms with E-state index in [1.807, 2.05) is 0 Å². The van der Waals surface area contributed by atoms with Gasteiger partial charge in [0.25, 0.3) is 0 Å². The summed E-state index contributed by atoms with van der Waals surface area (Å²) in [6.45, 7) is 4.44. The highest BCUT2D eigenvalue weighted by Gasteiger charge is 2.00. The SMILES string of the molecule is CC/C=C/c1ccc(CCc2ccc(-c3ccc(/C=C/CCCCCCCC)cc3)cc2)cc1. The van der Waals surface area contributed by atoms with Gasteiger partial charge in [0.05, 0.1) is 0 Å². The summed E-state index contributed by atoms with van der Waals surface area (Å²) in [5.41, 5.74) is 7.96. The average Bonchev–Trinajstić information content (AvgIpc) is 2.89. The molecule has 34 heavy (non-hydrogen) atoms. The number of unbranched alkanes of at least 4 members (excludes halogenated alkanes) is 6. The molecule has 0 saturated heterocycles. The number of hydrogen-bond donors (Lipinski definition) is 0. The van der Waals surface area contributed by atoms with Crippen LogP contribution in [0.15, 0.2) is 84.9 Å². The standard InChI is InChI=1S/C34H42/c1-3-5-7-8-9-10-11-12-14-30-21-25-33(26-22-30)34-27-23-32(24-28-34)20-19-31-17-15-29(16-18-31)13-6-4-2/h6,12-18,21-28H,3-5,7-11,19-20H2,1-2H3/b13-6+,14-12+. The zero-order chi connectivity index (χ0) is 23.8. The molecule has 0 aliphatic rings. The molecular formula is C34H42. The molecule has 0 bridgehead atoms. The van der Waals surface area contributed by atoms with E-state index in [1.54, 1.807) is 0 Å². The van der Waals surface area contributed by atoms with E-state index in [4.69, 9.17) is 0 Å². The first kappa shape index (κ1) is 25.8. The molecule has 0 nitrogen and oxygen atoms in total. The molecule has 0 atom stereocenters. The van der Waals surface area contributed by atoms with Crippen molar-refractivity contribution in [1.29, 1.82) is 0 Å². The van der Waals surface area contributed by atoms with E-state index in [9.17, 15) is 0 Å². The van der Waals surface area contributed by atoms with Crippen LogP contribution in [0.25, 0.3) is 23.3 Å². The van der Waals surface area contributed by atoms with E-state index < -0.39 is 0 Å². The van der Waals surface area contributed by atoms with Crippen LogP contribution in [0, 0.1) is 0 Å². The summed E-state index contributed by atoms with van der Waals surface area (Å²) in [6.07, 6.45) is 21.6. The van der Waals surface area contributed by atoms with Gasteiger partial charge in [-0.3, -0.25) is 0 Å². The molecule has 3 aromatic rings. The van der Waals surface area contributed by atoms with Gasteiger partial charge in [0.15, 0.2) is 0 Å². The van der Waals surface area contributed by atoms with Crippen LogP contribution in [0.2, 0.25) is 0 Å². The maximum Gasteiger partial charge on any atom is -0.0184 e. The molecule has 0 aromatic heterocycles. The lowest BCUT2D eigenvalue weighted by Crippen LogP contribution is -1.91. The van der Waals surface area contributed by atoms with Gasteiger partial charge in [-0.15, -0.1) is 0 Å². The van der Waals surface area contributed by atoms with Gasteiger partial charge >= 0.3 is 0 Å². The van der Waals surface area contributed by atoms with Crippen molar-refractivity contribution in [2.24, 2.45) is 0 Å². The van der Waals surface area contributed by atoms with Gasteiger partial charge in [-0.1, -0.05) is 143 Å². The summed E-state index contributed by atoms with van der Waals surface area (Å²) in [5, 5.41) is 0. The fourth-order valence-electron chi connectivity index (χ4n) is 4.25. The first-order valence-electron chi connectivity index (χ1n) is 13.4. The third-order valence-corrected chi connectivity index (χ3v) is 6.46. The maximum absolute atomic E-state index is 2.33. The van der Waals surface area contributed by atoms with Crippen LogP contribution in [0.3, 0.4) is 0 Å². The Balaban J connectivity index is 1.44. The second-order valence-electron chi connectivity index (χ2n) is 9.33. The summed E-state index contributed by atoms with van der Waals surface area (Å²) in [5.74, 6) is 0. The third kappa shape index (κ3) is 9.18. The van der Waals surface area contributed by atoms with Crippen LogP contribution in [0.4, 0.5) is 0 Å². The molecule has 0 amide bonds. The van der Waals surface area contributed by atoms with Gasteiger partial charge < -0.3 is 0 Å². The molecule has 0 aliphatic carbocycles. The molecular weight excluding hydrogens is 408 g/mol. The Bertz CT molecular complexity index is 985. The zero-order valence-corrected chi connectivity index (χ0v) is 21.3. The number of hydrogen-bond acceptors (Lipinski definition) is 0. The van der Waals surface area contributed by atoms with Crippen LogP contribution in [0.1, 0.15) is 87.5 Å². The molecule has 178 valence electrons. The predicted octanol–water partition coefficient (Wildman–Crippen LogP) is 10.3. The van der Waals surface area contributed by atoms with E-state index in [1.165, 1.54) is 78.3 Å². The predicted molar refractivity (Wildman–Crippen MR) is 152 cm³/mol. The van der Waals surface area contributed by atoms with E-state index in [0.29, 0.717) is 0 Å². The number of benzene rings is 3. The largest absolute Gasteiger partial charge is 0.0842 e. The smallest absolute Gasteiger partial charge is 0.0184 e. The minimum Gasteiger partial charge on any atom is -0.0842 e. The zero-order valence-electron chi connectivity index (χ0n) is 21.3. The Kier molecular flexibility index (Phi) is 11.5. The molecule has 0 spiro atoms. The first-order valence-corrected chi connectivity index (χ1v) is 13.4. The number of aryl methyl sites for hydroxylation is 2. The van der Waals surface area contributed by atoms with Crippen LogP contribution in [-0.4, -0.2) is 0 Å². The first-order chi connectivity index (χ1) is 16.8. The molecule has 3 aromatic carbocycles. The normalized spacial score (nSPS) is 11.6. The van der Waals surface area contributed by atoms with Gasteiger partial charge in [-0.05, 0) is 65.5 Å². The van der Waals surface area contributed by atoms with E-state index in [2.05, 4.69) is 111 Å². The van der Waals surface area contributed by atoms with Crippen molar-refractivity contribution in [1.82, 2.24) is 0 Å². The fraction of sp³-hybridized carbons (Fsp3) is 0.353. The summed E-state index contributed by atoms with van der Waals surface area (Å²) in [4.78, 5) is 0. The highest BCUT2D eigenvalue weighted by Crippen LogP contribution is 2.22. The van der Waals surface area contributed by atoms with Crippen LogP contribution in [-0.2, 0) is 12.8 Å². The lowest BCUT2D eigenvalue weighted by Gasteiger charge is -2.06. The minimum atomic E-state index is 1.08. The van der Waals surface area contributed by atoms with Gasteiger partial charge in [-0.25, -0.2) is 0 Å². The molecule has 0 aliphatic heterocycles. The van der Waals surface area contributed by atoms with E-state index >= 15 is 0 Å². The Hall–Kier alpha value is -2.86. The van der Waals surface area contributed by atoms with Crippen molar-refractivity contribution >= 4 is 12.2 Å². The second kappa shape index (κ2) is 15.1. The molecule has 0 unspecified atom stereocenters. The highest BCUT2D eigenvalue weighted by molar-refractivity contribution is 5.66. The highest BCUT2D eigenvalue weighted by atomic mass is 14.1.